The maximum absolute atomic E-state index is 5.66. The van der Waals surface area contributed by atoms with Crippen molar-refractivity contribution in [2.75, 3.05) is 39.8 Å². The van der Waals surface area contributed by atoms with Crippen LogP contribution in [0.1, 0.15) is 32.1 Å². The van der Waals surface area contributed by atoms with Crippen molar-refractivity contribution in [3.05, 3.63) is 0 Å². The highest BCUT2D eigenvalue weighted by Crippen LogP contribution is 2.16. The molecule has 0 aromatic carbocycles. The van der Waals surface area contributed by atoms with Crippen molar-refractivity contribution in [1.29, 1.82) is 0 Å². The molecular weight excluding hydrogens is 200 g/mol. The van der Waals surface area contributed by atoms with Gasteiger partial charge in [-0.15, -0.1) is 0 Å². The maximum atomic E-state index is 5.66. The van der Waals surface area contributed by atoms with Crippen molar-refractivity contribution >= 4 is 0 Å². The Morgan fingerprint density at radius 1 is 1.31 bits per heavy atom. The van der Waals surface area contributed by atoms with Gasteiger partial charge in [0.2, 0.25) is 0 Å². The topological polar surface area (TPSA) is 24.5 Å². The number of likely N-dealkylation sites (N-methyl/N-ethyl adjacent to an activating group) is 1. The Kier molecular flexibility index (Phi) is 5.07. The first-order valence-electron chi connectivity index (χ1n) is 6.85. The molecule has 0 amide bonds. The lowest BCUT2D eigenvalue weighted by Crippen LogP contribution is -2.34. The van der Waals surface area contributed by atoms with Crippen molar-refractivity contribution < 1.29 is 4.74 Å². The summed E-state index contributed by atoms with van der Waals surface area (Å²) >= 11 is 0. The monoisotopic (exact) mass is 226 g/mol. The molecule has 0 saturated carbocycles. The van der Waals surface area contributed by atoms with Crippen LogP contribution in [0.15, 0.2) is 0 Å². The number of ether oxygens (including phenoxy) is 1. The number of hydrogen-bond donors (Lipinski definition) is 1. The summed E-state index contributed by atoms with van der Waals surface area (Å²) in [5, 5.41) is 3.49. The van der Waals surface area contributed by atoms with E-state index in [1.807, 2.05) is 0 Å². The molecule has 0 aromatic rings. The molecular formula is C13H26N2O. The van der Waals surface area contributed by atoms with Crippen molar-refractivity contribution in [3.8, 4) is 0 Å². The van der Waals surface area contributed by atoms with Crippen LogP contribution < -0.4 is 5.32 Å². The van der Waals surface area contributed by atoms with Gasteiger partial charge in [-0.25, -0.2) is 0 Å². The van der Waals surface area contributed by atoms with Gasteiger partial charge in [-0.1, -0.05) is 0 Å². The standard InChI is InChI=1S/C13H26N2O/c1-15(11-13-5-3-9-16-13)8-6-12-4-2-7-14-10-12/h12-14H,2-11H2,1H3. The first-order valence-corrected chi connectivity index (χ1v) is 6.85. The lowest BCUT2D eigenvalue weighted by molar-refractivity contribution is 0.0791. The van der Waals surface area contributed by atoms with Gasteiger partial charge in [0.25, 0.3) is 0 Å². The maximum Gasteiger partial charge on any atom is 0.0702 e. The minimum Gasteiger partial charge on any atom is -0.377 e. The smallest absolute Gasteiger partial charge is 0.0702 e. The molecule has 0 aromatic heterocycles. The highest BCUT2D eigenvalue weighted by molar-refractivity contribution is 4.72. The van der Waals surface area contributed by atoms with Crippen LogP contribution in [0.4, 0.5) is 0 Å². The highest BCUT2D eigenvalue weighted by Gasteiger charge is 2.18. The Labute approximate surface area is 99.5 Å². The van der Waals surface area contributed by atoms with E-state index in [4.69, 9.17) is 4.74 Å². The summed E-state index contributed by atoms with van der Waals surface area (Å²) in [7, 11) is 2.23. The molecule has 0 aliphatic carbocycles. The molecule has 2 unspecified atom stereocenters. The Bertz CT molecular complexity index is 186. The molecule has 0 spiro atoms. The van der Waals surface area contributed by atoms with E-state index < -0.39 is 0 Å². The number of nitrogens with zero attached hydrogens (tertiary/aromatic N) is 1. The van der Waals surface area contributed by atoms with Crippen molar-refractivity contribution in [2.45, 2.75) is 38.2 Å². The van der Waals surface area contributed by atoms with Crippen LogP contribution in [0.3, 0.4) is 0 Å². The van der Waals surface area contributed by atoms with Crippen LogP contribution in [0, 0.1) is 5.92 Å². The predicted molar refractivity (Wildman–Crippen MR) is 66.7 cm³/mol. The molecule has 0 bridgehead atoms. The number of nitrogens with one attached hydrogen (secondary N) is 1. The largest absolute Gasteiger partial charge is 0.377 e. The second-order valence-corrected chi connectivity index (χ2v) is 5.40. The van der Waals surface area contributed by atoms with Crippen molar-refractivity contribution in [2.24, 2.45) is 5.92 Å². The third-order valence-corrected chi connectivity index (χ3v) is 3.86. The van der Waals surface area contributed by atoms with Crippen LogP contribution in [0.25, 0.3) is 0 Å². The lowest BCUT2D eigenvalue weighted by Gasteiger charge is -2.26. The summed E-state index contributed by atoms with van der Waals surface area (Å²) in [5.74, 6) is 0.903. The third-order valence-electron chi connectivity index (χ3n) is 3.86. The van der Waals surface area contributed by atoms with Gasteiger partial charge in [0.15, 0.2) is 0 Å². The molecule has 1 N–H and O–H groups in total. The molecule has 3 heteroatoms. The lowest BCUT2D eigenvalue weighted by atomic mass is 9.96. The van der Waals surface area contributed by atoms with E-state index in [2.05, 4.69) is 17.3 Å². The molecule has 3 nitrogen and oxygen atoms in total. The summed E-state index contributed by atoms with van der Waals surface area (Å²) in [4.78, 5) is 2.45. The Hall–Kier alpha value is -0.120. The molecule has 2 saturated heterocycles. The SMILES string of the molecule is CN(CCC1CCCNC1)CC1CCCO1. The summed E-state index contributed by atoms with van der Waals surface area (Å²) in [6.07, 6.45) is 7.15. The van der Waals surface area contributed by atoms with Crippen LogP contribution in [0.5, 0.6) is 0 Å². The third kappa shape index (κ3) is 4.04. The normalized spacial score (nSPS) is 31.1. The second kappa shape index (κ2) is 6.58. The van der Waals surface area contributed by atoms with Crippen LogP contribution in [-0.4, -0.2) is 50.8 Å². The van der Waals surface area contributed by atoms with E-state index in [-0.39, 0.29) is 0 Å². The van der Waals surface area contributed by atoms with E-state index in [0.717, 1.165) is 19.1 Å². The zero-order chi connectivity index (χ0) is 11.2. The second-order valence-electron chi connectivity index (χ2n) is 5.40. The van der Waals surface area contributed by atoms with E-state index in [1.165, 1.54) is 51.7 Å². The van der Waals surface area contributed by atoms with Crippen LogP contribution >= 0.6 is 0 Å². The number of rotatable bonds is 5. The average Bonchev–Trinajstić information content (AvgIpc) is 2.81. The van der Waals surface area contributed by atoms with E-state index in [9.17, 15) is 0 Å². The quantitative estimate of drug-likeness (QED) is 0.768. The average molecular weight is 226 g/mol. The van der Waals surface area contributed by atoms with Gasteiger partial charge in [0.1, 0.15) is 0 Å². The Morgan fingerprint density at radius 2 is 2.25 bits per heavy atom. The number of piperidine rings is 1. The number of hydrogen-bond acceptors (Lipinski definition) is 3. The molecule has 2 aliphatic heterocycles. The van der Waals surface area contributed by atoms with Crippen LogP contribution in [0.2, 0.25) is 0 Å². The van der Waals surface area contributed by atoms with Gasteiger partial charge in [0.05, 0.1) is 6.10 Å². The first kappa shape index (κ1) is 12.3. The van der Waals surface area contributed by atoms with Gasteiger partial charge in [-0.2, -0.15) is 0 Å². The fourth-order valence-corrected chi connectivity index (χ4v) is 2.80. The van der Waals surface area contributed by atoms with E-state index in [0.29, 0.717) is 6.10 Å². The molecule has 2 rings (SSSR count). The zero-order valence-electron chi connectivity index (χ0n) is 10.6. The van der Waals surface area contributed by atoms with Gasteiger partial charge in [-0.05, 0) is 64.7 Å². The molecule has 2 atom stereocenters. The summed E-state index contributed by atoms with van der Waals surface area (Å²) in [6.45, 7) is 5.79. The molecule has 2 heterocycles. The molecule has 16 heavy (non-hydrogen) atoms. The first-order chi connectivity index (χ1) is 7.84. The summed E-state index contributed by atoms with van der Waals surface area (Å²) < 4.78 is 5.66. The molecule has 2 fully saturated rings. The summed E-state index contributed by atoms with van der Waals surface area (Å²) in [5.41, 5.74) is 0. The fraction of sp³-hybridized carbons (Fsp3) is 1.00. The molecule has 0 radical (unpaired) electrons. The fourth-order valence-electron chi connectivity index (χ4n) is 2.80. The Balaban J connectivity index is 1.57. The van der Waals surface area contributed by atoms with Crippen LogP contribution in [-0.2, 0) is 4.74 Å². The van der Waals surface area contributed by atoms with Gasteiger partial charge >= 0.3 is 0 Å². The van der Waals surface area contributed by atoms with E-state index in [1.54, 1.807) is 0 Å². The minimum atomic E-state index is 0.509. The predicted octanol–water partition coefficient (Wildman–Crippen LogP) is 1.49. The van der Waals surface area contributed by atoms with Crippen molar-refractivity contribution in [1.82, 2.24) is 10.2 Å². The van der Waals surface area contributed by atoms with Gasteiger partial charge in [-0.3, -0.25) is 0 Å². The van der Waals surface area contributed by atoms with Gasteiger partial charge < -0.3 is 15.0 Å². The molecule has 2 aliphatic rings. The zero-order valence-corrected chi connectivity index (χ0v) is 10.6. The van der Waals surface area contributed by atoms with Gasteiger partial charge in [0, 0.05) is 13.2 Å². The Morgan fingerprint density at radius 3 is 2.94 bits per heavy atom. The molecule has 94 valence electrons. The highest BCUT2D eigenvalue weighted by atomic mass is 16.5. The van der Waals surface area contributed by atoms with E-state index >= 15 is 0 Å². The van der Waals surface area contributed by atoms with Crippen molar-refractivity contribution in [3.63, 3.8) is 0 Å². The summed E-state index contributed by atoms with van der Waals surface area (Å²) in [6, 6.07) is 0. The minimum absolute atomic E-state index is 0.509.